The molecule has 0 N–H and O–H groups in total. The maximum absolute atomic E-state index is 12.4. The number of hydrogen-bond acceptors (Lipinski definition) is 5. The van der Waals surface area contributed by atoms with Crippen molar-refractivity contribution in [2.24, 2.45) is 11.8 Å². The van der Waals surface area contributed by atoms with E-state index in [4.69, 9.17) is 9.47 Å². The number of esters is 2. The van der Waals surface area contributed by atoms with Gasteiger partial charge in [0.2, 0.25) is 0 Å². The number of benzene rings is 2. The fourth-order valence-electron chi connectivity index (χ4n) is 4.20. The highest BCUT2D eigenvalue weighted by Crippen LogP contribution is 2.32. The SMILES string of the molecule is COC(=O)C(C(=O)OC)[C@H]1C=C[C@H](Cc2ccccc2)N(Cc2ccccc2)[C@@H]1C. The van der Waals surface area contributed by atoms with Crippen LogP contribution in [0.25, 0.3) is 0 Å². The van der Waals surface area contributed by atoms with Crippen LogP contribution < -0.4 is 0 Å². The fraction of sp³-hybridized carbons (Fsp3) is 0.360. The Morgan fingerprint density at radius 3 is 1.93 bits per heavy atom. The van der Waals surface area contributed by atoms with E-state index in [-0.39, 0.29) is 18.0 Å². The first-order chi connectivity index (χ1) is 14.5. The Balaban J connectivity index is 1.93. The number of carbonyl (C=O) groups is 2. The Morgan fingerprint density at radius 1 is 0.867 bits per heavy atom. The van der Waals surface area contributed by atoms with Gasteiger partial charge in [0.15, 0.2) is 5.92 Å². The lowest BCUT2D eigenvalue weighted by atomic mass is 9.81. The Morgan fingerprint density at radius 2 is 1.40 bits per heavy atom. The molecule has 0 saturated heterocycles. The second-order valence-electron chi connectivity index (χ2n) is 7.64. The van der Waals surface area contributed by atoms with E-state index >= 15 is 0 Å². The monoisotopic (exact) mass is 407 g/mol. The van der Waals surface area contributed by atoms with Crippen LogP contribution >= 0.6 is 0 Å². The number of nitrogens with zero attached hydrogens (tertiary/aromatic N) is 1. The summed E-state index contributed by atoms with van der Waals surface area (Å²) in [7, 11) is 2.60. The van der Waals surface area contributed by atoms with Gasteiger partial charge in [0.1, 0.15) is 0 Å². The molecule has 0 bridgehead atoms. The molecule has 2 aromatic rings. The van der Waals surface area contributed by atoms with Crippen LogP contribution in [0.15, 0.2) is 72.8 Å². The van der Waals surface area contributed by atoms with Crippen molar-refractivity contribution in [2.75, 3.05) is 14.2 Å². The van der Waals surface area contributed by atoms with Gasteiger partial charge >= 0.3 is 11.9 Å². The molecule has 0 radical (unpaired) electrons. The Hall–Kier alpha value is -2.92. The topological polar surface area (TPSA) is 55.8 Å². The van der Waals surface area contributed by atoms with Gasteiger partial charge in [-0.2, -0.15) is 0 Å². The molecule has 2 aromatic carbocycles. The Labute approximate surface area is 178 Å². The van der Waals surface area contributed by atoms with E-state index < -0.39 is 17.9 Å². The van der Waals surface area contributed by atoms with Gasteiger partial charge in [-0.25, -0.2) is 0 Å². The van der Waals surface area contributed by atoms with E-state index in [1.54, 1.807) is 0 Å². The van der Waals surface area contributed by atoms with Crippen molar-refractivity contribution in [1.82, 2.24) is 4.90 Å². The first kappa shape index (κ1) is 21.8. The lowest BCUT2D eigenvalue weighted by Gasteiger charge is -2.43. The van der Waals surface area contributed by atoms with E-state index in [2.05, 4.69) is 42.2 Å². The quantitative estimate of drug-likeness (QED) is 0.399. The lowest BCUT2D eigenvalue weighted by Crippen LogP contribution is -2.51. The van der Waals surface area contributed by atoms with Gasteiger partial charge in [0.05, 0.1) is 14.2 Å². The number of hydrogen-bond donors (Lipinski definition) is 0. The smallest absolute Gasteiger partial charge is 0.320 e. The van der Waals surface area contributed by atoms with Crippen LogP contribution in [0.2, 0.25) is 0 Å². The predicted octanol–water partition coefficient (Wildman–Crippen LogP) is 3.64. The average molecular weight is 408 g/mol. The molecule has 0 aromatic heterocycles. The van der Waals surface area contributed by atoms with Crippen molar-refractivity contribution in [3.05, 3.63) is 83.9 Å². The van der Waals surface area contributed by atoms with Crippen LogP contribution in [0.1, 0.15) is 18.1 Å². The molecule has 3 atom stereocenters. The molecule has 158 valence electrons. The second kappa shape index (κ2) is 10.2. The summed E-state index contributed by atoms with van der Waals surface area (Å²) in [6.07, 6.45) is 4.94. The minimum absolute atomic E-state index is 0.0629. The zero-order valence-electron chi connectivity index (χ0n) is 17.7. The first-order valence-electron chi connectivity index (χ1n) is 10.2. The van der Waals surface area contributed by atoms with E-state index in [1.165, 1.54) is 25.3 Å². The molecule has 0 spiro atoms. The van der Waals surface area contributed by atoms with E-state index in [0.717, 1.165) is 13.0 Å². The summed E-state index contributed by atoms with van der Waals surface area (Å²) in [6.45, 7) is 2.78. The highest BCUT2D eigenvalue weighted by molar-refractivity contribution is 5.95. The fourth-order valence-corrected chi connectivity index (χ4v) is 4.20. The molecule has 0 saturated carbocycles. The van der Waals surface area contributed by atoms with Crippen LogP contribution in [0.3, 0.4) is 0 Å². The molecule has 0 amide bonds. The summed E-state index contributed by atoms with van der Waals surface area (Å²) >= 11 is 0. The average Bonchev–Trinajstić information content (AvgIpc) is 2.78. The van der Waals surface area contributed by atoms with Crippen molar-refractivity contribution in [3.8, 4) is 0 Å². The van der Waals surface area contributed by atoms with Crippen LogP contribution in [0, 0.1) is 11.8 Å². The maximum Gasteiger partial charge on any atom is 0.320 e. The summed E-state index contributed by atoms with van der Waals surface area (Å²) in [5.74, 6) is -2.45. The van der Waals surface area contributed by atoms with Crippen LogP contribution in [-0.2, 0) is 32.0 Å². The third kappa shape index (κ3) is 4.97. The summed E-state index contributed by atoms with van der Waals surface area (Å²) < 4.78 is 9.84. The molecule has 1 aliphatic rings. The summed E-state index contributed by atoms with van der Waals surface area (Å²) in [5, 5.41) is 0. The molecule has 1 heterocycles. The number of carbonyl (C=O) groups excluding carboxylic acids is 2. The maximum atomic E-state index is 12.4. The van der Waals surface area contributed by atoms with E-state index in [0.29, 0.717) is 0 Å². The van der Waals surface area contributed by atoms with Crippen molar-refractivity contribution in [3.63, 3.8) is 0 Å². The van der Waals surface area contributed by atoms with Crippen LogP contribution in [0.5, 0.6) is 0 Å². The molecule has 5 nitrogen and oxygen atoms in total. The number of methoxy groups -OCH3 is 2. The summed E-state index contributed by atoms with van der Waals surface area (Å²) in [4.78, 5) is 27.2. The predicted molar refractivity (Wildman–Crippen MR) is 116 cm³/mol. The minimum Gasteiger partial charge on any atom is -0.468 e. The Bertz CT molecular complexity index is 849. The molecule has 0 unspecified atom stereocenters. The number of rotatable bonds is 7. The first-order valence-corrected chi connectivity index (χ1v) is 10.2. The van der Waals surface area contributed by atoms with Gasteiger partial charge in [-0.15, -0.1) is 0 Å². The largest absolute Gasteiger partial charge is 0.468 e. The second-order valence-corrected chi connectivity index (χ2v) is 7.64. The van der Waals surface area contributed by atoms with Gasteiger partial charge in [0, 0.05) is 24.5 Å². The van der Waals surface area contributed by atoms with Crippen molar-refractivity contribution >= 4 is 11.9 Å². The van der Waals surface area contributed by atoms with Crippen molar-refractivity contribution in [1.29, 1.82) is 0 Å². The van der Waals surface area contributed by atoms with Gasteiger partial charge in [-0.3, -0.25) is 14.5 Å². The lowest BCUT2D eigenvalue weighted by molar-refractivity contribution is -0.162. The van der Waals surface area contributed by atoms with Crippen molar-refractivity contribution < 1.29 is 19.1 Å². The van der Waals surface area contributed by atoms with Gasteiger partial charge in [-0.05, 0) is 24.5 Å². The molecule has 0 fully saturated rings. The van der Waals surface area contributed by atoms with Crippen LogP contribution in [-0.4, -0.2) is 43.1 Å². The summed E-state index contributed by atoms with van der Waals surface area (Å²) in [6, 6.07) is 20.7. The Kier molecular flexibility index (Phi) is 7.41. The molecule has 30 heavy (non-hydrogen) atoms. The summed E-state index contributed by atoms with van der Waals surface area (Å²) in [5.41, 5.74) is 2.43. The van der Waals surface area contributed by atoms with Gasteiger partial charge < -0.3 is 9.47 Å². The van der Waals surface area contributed by atoms with E-state index in [1.807, 2.05) is 42.5 Å². The highest BCUT2D eigenvalue weighted by Gasteiger charge is 2.43. The van der Waals surface area contributed by atoms with Gasteiger partial charge in [0.25, 0.3) is 0 Å². The molecule has 1 aliphatic heterocycles. The van der Waals surface area contributed by atoms with Crippen LogP contribution in [0.4, 0.5) is 0 Å². The molecular weight excluding hydrogens is 378 g/mol. The molecular formula is C25H29NO4. The zero-order chi connectivity index (χ0) is 21.5. The molecule has 3 rings (SSSR count). The highest BCUT2D eigenvalue weighted by atomic mass is 16.5. The minimum atomic E-state index is -0.984. The number of ether oxygens (including phenoxy) is 2. The normalized spacial score (nSPS) is 21.4. The van der Waals surface area contributed by atoms with E-state index in [9.17, 15) is 9.59 Å². The third-order valence-electron chi connectivity index (χ3n) is 5.85. The molecule has 5 heteroatoms. The third-order valence-corrected chi connectivity index (χ3v) is 5.85. The van der Waals surface area contributed by atoms with Crippen molar-refractivity contribution in [2.45, 2.75) is 32.0 Å². The zero-order valence-corrected chi connectivity index (χ0v) is 17.7. The molecule has 0 aliphatic carbocycles. The standard InChI is InChI=1S/C25H29NO4/c1-18-22(23(24(27)29-2)25(28)30-3)15-14-21(16-19-10-6-4-7-11-19)26(18)17-20-12-8-5-9-13-20/h4-15,18,21-23H,16-17H2,1-3H3/t18-,21-,22+/m1/s1. The van der Waals surface area contributed by atoms with Gasteiger partial charge in [-0.1, -0.05) is 72.8 Å².